The summed E-state index contributed by atoms with van der Waals surface area (Å²) in [4.78, 5) is 2.45. The molecule has 0 aromatic heterocycles. The van der Waals surface area contributed by atoms with Crippen molar-refractivity contribution < 1.29 is 5.21 Å². The fourth-order valence-corrected chi connectivity index (χ4v) is 2.70. The van der Waals surface area contributed by atoms with Gasteiger partial charge in [-0.05, 0) is 30.4 Å². The Balaban J connectivity index is 2.11. The van der Waals surface area contributed by atoms with Crippen LogP contribution >= 0.6 is 0 Å². The Labute approximate surface area is 114 Å². The van der Waals surface area contributed by atoms with E-state index in [0.717, 1.165) is 42.6 Å². The minimum Gasteiger partial charge on any atom is -0.409 e. The summed E-state index contributed by atoms with van der Waals surface area (Å²) in [6, 6.07) is 7.87. The van der Waals surface area contributed by atoms with Gasteiger partial charge in [-0.2, -0.15) is 0 Å². The van der Waals surface area contributed by atoms with Gasteiger partial charge in [0.1, 0.15) is 0 Å². The number of rotatable bonds is 3. The van der Waals surface area contributed by atoms with Crippen molar-refractivity contribution >= 4 is 5.84 Å². The van der Waals surface area contributed by atoms with E-state index in [-0.39, 0.29) is 5.84 Å². The maximum Gasteiger partial charge on any atom is 0.170 e. The number of hydrogen-bond acceptors (Lipinski definition) is 3. The lowest BCUT2D eigenvalue weighted by Gasteiger charge is -2.35. The second-order valence-electron chi connectivity index (χ2n) is 5.62. The van der Waals surface area contributed by atoms with Gasteiger partial charge in [-0.1, -0.05) is 43.3 Å². The van der Waals surface area contributed by atoms with Crippen molar-refractivity contribution in [2.45, 2.75) is 26.8 Å². The van der Waals surface area contributed by atoms with Crippen LogP contribution in [0.5, 0.6) is 0 Å². The molecule has 1 aromatic carbocycles. The number of nitrogens with two attached hydrogens (primary N) is 1. The fourth-order valence-electron chi connectivity index (χ4n) is 2.70. The molecule has 1 heterocycles. The number of amidine groups is 1. The van der Waals surface area contributed by atoms with Crippen molar-refractivity contribution in [3.8, 4) is 0 Å². The Morgan fingerprint density at radius 2 is 2.11 bits per heavy atom. The first kappa shape index (κ1) is 13.9. The summed E-state index contributed by atoms with van der Waals surface area (Å²) >= 11 is 0. The summed E-state index contributed by atoms with van der Waals surface area (Å²) in [5.74, 6) is 1.72. The Bertz CT molecular complexity index is 458. The maximum atomic E-state index is 8.84. The topological polar surface area (TPSA) is 61.8 Å². The van der Waals surface area contributed by atoms with E-state index in [2.05, 4.69) is 30.0 Å². The molecule has 0 amide bonds. The number of benzene rings is 1. The van der Waals surface area contributed by atoms with Gasteiger partial charge in [-0.15, -0.1) is 0 Å². The van der Waals surface area contributed by atoms with Gasteiger partial charge >= 0.3 is 0 Å². The van der Waals surface area contributed by atoms with Crippen molar-refractivity contribution in [1.29, 1.82) is 0 Å². The Morgan fingerprint density at radius 3 is 2.79 bits per heavy atom. The summed E-state index contributed by atoms with van der Waals surface area (Å²) in [5, 5.41) is 12.0. The van der Waals surface area contributed by atoms with E-state index >= 15 is 0 Å². The van der Waals surface area contributed by atoms with Crippen molar-refractivity contribution in [3.63, 3.8) is 0 Å². The van der Waals surface area contributed by atoms with Crippen LogP contribution in [-0.2, 0) is 6.54 Å². The standard InChI is InChI=1S/C15H23N3O/c1-11-7-8-18(9-12(11)2)10-13-5-3-4-6-14(13)15(16)17-19/h3-6,11-12,19H,7-10H2,1-2H3,(H2,16,17). The first-order chi connectivity index (χ1) is 9.11. The van der Waals surface area contributed by atoms with E-state index in [4.69, 9.17) is 10.9 Å². The molecular formula is C15H23N3O. The smallest absolute Gasteiger partial charge is 0.170 e. The molecule has 0 saturated carbocycles. The molecule has 0 radical (unpaired) electrons. The van der Waals surface area contributed by atoms with Crippen molar-refractivity contribution in [1.82, 2.24) is 4.90 Å². The normalized spacial score (nSPS) is 25.5. The van der Waals surface area contributed by atoms with Gasteiger partial charge in [0.15, 0.2) is 5.84 Å². The van der Waals surface area contributed by atoms with Crippen molar-refractivity contribution in [3.05, 3.63) is 35.4 Å². The summed E-state index contributed by atoms with van der Waals surface area (Å²) < 4.78 is 0. The van der Waals surface area contributed by atoms with Crippen LogP contribution in [0, 0.1) is 11.8 Å². The molecule has 2 unspecified atom stereocenters. The van der Waals surface area contributed by atoms with Crippen LogP contribution < -0.4 is 5.73 Å². The SMILES string of the molecule is CC1CCN(Cc2ccccc2/C(N)=N/O)CC1C. The van der Waals surface area contributed by atoms with E-state index < -0.39 is 0 Å². The Hall–Kier alpha value is -1.55. The lowest BCUT2D eigenvalue weighted by atomic mass is 9.88. The quantitative estimate of drug-likeness (QED) is 0.380. The highest BCUT2D eigenvalue weighted by atomic mass is 16.4. The molecule has 1 aromatic rings. The van der Waals surface area contributed by atoms with Crippen LogP contribution in [0.15, 0.2) is 29.4 Å². The summed E-state index contributed by atoms with van der Waals surface area (Å²) in [6.45, 7) is 7.74. The van der Waals surface area contributed by atoms with E-state index in [1.54, 1.807) is 0 Å². The Morgan fingerprint density at radius 1 is 1.37 bits per heavy atom. The zero-order valence-corrected chi connectivity index (χ0v) is 11.7. The molecule has 1 aliphatic heterocycles. The molecule has 4 nitrogen and oxygen atoms in total. The molecule has 1 saturated heterocycles. The van der Waals surface area contributed by atoms with Crippen LogP contribution in [0.4, 0.5) is 0 Å². The number of nitrogens with zero attached hydrogens (tertiary/aromatic N) is 2. The Kier molecular flexibility index (Phi) is 4.43. The lowest BCUT2D eigenvalue weighted by molar-refractivity contribution is 0.132. The third kappa shape index (κ3) is 3.26. The minimum atomic E-state index is 0.189. The zero-order valence-electron chi connectivity index (χ0n) is 11.7. The summed E-state index contributed by atoms with van der Waals surface area (Å²) in [5.41, 5.74) is 7.69. The minimum absolute atomic E-state index is 0.189. The van der Waals surface area contributed by atoms with Crippen LogP contribution in [0.1, 0.15) is 31.4 Å². The molecule has 0 bridgehead atoms. The highest BCUT2D eigenvalue weighted by molar-refractivity contribution is 5.98. The first-order valence-corrected chi connectivity index (χ1v) is 6.90. The van der Waals surface area contributed by atoms with E-state index in [1.165, 1.54) is 6.42 Å². The number of hydrogen-bond donors (Lipinski definition) is 2. The van der Waals surface area contributed by atoms with Gasteiger partial charge in [0, 0.05) is 18.7 Å². The molecule has 104 valence electrons. The van der Waals surface area contributed by atoms with Gasteiger partial charge in [0.2, 0.25) is 0 Å². The first-order valence-electron chi connectivity index (χ1n) is 6.90. The molecule has 1 fully saturated rings. The molecule has 1 aliphatic rings. The van der Waals surface area contributed by atoms with E-state index in [0.29, 0.717) is 0 Å². The third-order valence-electron chi connectivity index (χ3n) is 4.21. The number of likely N-dealkylation sites (tertiary alicyclic amines) is 1. The summed E-state index contributed by atoms with van der Waals surface area (Å²) in [7, 11) is 0. The lowest BCUT2D eigenvalue weighted by Crippen LogP contribution is -2.38. The van der Waals surface area contributed by atoms with Crippen molar-refractivity contribution in [2.24, 2.45) is 22.7 Å². The second kappa shape index (κ2) is 6.06. The van der Waals surface area contributed by atoms with Crippen LogP contribution in [0.3, 0.4) is 0 Å². The van der Waals surface area contributed by atoms with Crippen molar-refractivity contribution in [2.75, 3.05) is 13.1 Å². The maximum absolute atomic E-state index is 8.84. The molecule has 2 rings (SSSR count). The van der Waals surface area contributed by atoms with Crippen LogP contribution in [0.2, 0.25) is 0 Å². The zero-order chi connectivity index (χ0) is 13.8. The van der Waals surface area contributed by atoms with Gasteiger partial charge < -0.3 is 10.9 Å². The average Bonchev–Trinajstić information content (AvgIpc) is 2.43. The number of oxime groups is 1. The van der Waals surface area contributed by atoms with Crippen LogP contribution in [-0.4, -0.2) is 29.0 Å². The molecule has 4 heteroatoms. The van der Waals surface area contributed by atoms with Gasteiger partial charge in [-0.3, -0.25) is 4.90 Å². The monoisotopic (exact) mass is 261 g/mol. The molecule has 0 spiro atoms. The second-order valence-corrected chi connectivity index (χ2v) is 5.62. The largest absolute Gasteiger partial charge is 0.409 e. The predicted molar refractivity (Wildman–Crippen MR) is 77.2 cm³/mol. The molecule has 3 N–H and O–H groups in total. The van der Waals surface area contributed by atoms with E-state index in [1.807, 2.05) is 18.2 Å². The van der Waals surface area contributed by atoms with Gasteiger partial charge in [0.25, 0.3) is 0 Å². The van der Waals surface area contributed by atoms with Crippen LogP contribution in [0.25, 0.3) is 0 Å². The number of piperidine rings is 1. The van der Waals surface area contributed by atoms with E-state index in [9.17, 15) is 0 Å². The summed E-state index contributed by atoms with van der Waals surface area (Å²) in [6.07, 6.45) is 1.24. The highest BCUT2D eigenvalue weighted by Gasteiger charge is 2.23. The molecule has 19 heavy (non-hydrogen) atoms. The third-order valence-corrected chi connectivity index (χ3v) is 4.21. The molecular weight excluding hydrogens is 238 g/mol. The molecule has 2 atom stereocenters. The predicted octanol–water partition coefficient (Wildman–Crippen LogP) is 2.26. The average molecular weight is 261 g/mol. The van der Waals surface area contributed by atoms with Gasteiger partial charge in [-0.25, -0.2) is 0 Å². The highest BCUT2D eigenvalue weighted by Crippen LogP contribution is 2.24. The fraction of sp³-hybridized carbons (Fsp3) is 0.533. The molecule has 0 aliphatic carbocycles. The van der Waals surface area contributed by atoms with Gasteiger partial charge in [0.05, 0.1) is 0 Å².